The van der Waals surface area contributed by atoms with Crippen LogP contribution in [0.5, 0.6) is 0 Å². The normalized spacial score (nSPS) is 10.1. The minimum atomic E-state index is 0.262. The molecular formula is C6H11N3O. The standard InChI is InChI=1S/C6H11N3O/c10-4-2-1-3-6-5-7-9-8-6/h5,10H,1-4H2,(H,7,8,9). The van der Waals surface area contributed by atoms with Gasteiger partial charge in [0.15, 0.2) is 0 Å². The van der Waals surface area contributed by atoms with E-state index in [1.165, 1.54) is 0 Å². The van der Waals surface area contributed by atoms with E-state index in [2.05, 4.69) is 15.4 Å². The summed E-state index contributed by atoms with van der Waals surface area (Å²) in [6, 6.07) is 0. The molecule has 0 aliphatic rings. The van der Waals surface area contributed by atoms with Crippen molar-refractivity contribution in [2.45, 2.75) is 19.3 Å². The summed E-state index contributed by atoms with van der Waals surface area (Å²) in [5.41, 5.74) is 0.966. The minimum absolute atomic E-state index is 0.262. The predicted molar refractivity (Wildman–Crippen MR) is 36.4 cm³/mol. The average Bonchev–Trinajstić information content (AvgIpc) is 2.41. The molecule has 0 saturated carbocycles. The summed E-state index contributed by atoms with van der Waals surface area (Å²) >= 11 is 0. The van der Waals surface area contributed by atoms with Gasteiger partial charge in [-0.3, -0.25) is 0 Å². The van der Waals surface area contributed by atoms with Crippen molar-refractivity contribution in [3.05, 3.63) is 11.9 Å². The Labute approximate surface area is 59.3 Å². The summed E-state index contributed by atoms with van der Waals surface area (Å²) in [5.74, 6) is 0. The van der Waals surface area contributed by atoms with E-state index in [4.69, 9.17) is 5.11 Å². The molecule has 2 N–H and O–H groups in total. The highest BCUT2D eigenvalue weighted by Crippen LogP contribution is 1.97. The number of hydrogen-bond donors (Lipinski definition) is 2. The van der Waals surface area contributed by atoms with Crippen LogP contribution in [0, 0.1) is 0 Å². The lowest BCUT2D eigenvalue weighted by Crippen LogP contribution is -1.88. The molecule has 0 aliphatic heterocycles. The number of H-pyrrole nitrogens is 1. The second-order valence-corrected chi connectivity index (χ2v) is 2.14. The van der Waals surface area contributed by atoms with Crippen LogP contribution in [0.3, 0.4) is 0 Å². The van der Waals surface area contributed by atoms with E-state index >= 15 is 0 Å². The van der Waals surface area contributed by atoms with Gasteiger partial charge in [-0.05, 0) is 19.3 Å². The molecule has 4 nitrogen and oxygen atoms in total. The third kappa shape index (κ3) is 2.14. The maximum absolute atomic E-state index is 8.45. The Kier molecular flexibility index (Phi) is 2.89. The Hall–Kier alpha value is -0.900. The van der Waals surface area contributed by atoms with Gasteiger partial charge in [-0.15, -0.1) is 0 Å². The molecular weight excluding hydrogens is 130 g/mol. The number of unbranched alkanes of at least 4 members (excludes halogenated alkanes) is 1. The smallest absolute Gasteiger partial charge is 0.0824 e. The van der Waals surface area contributed by atoms with Crippen molar-refractivity contribution >= 4 is 0 Å². The molecule has 0 radical (unpaired) electrons. The third-order valence-electron chi connectivity index (χ3n) is 1.31. The van der Waals surface area contributed by atoms with E-state index in [1.54, 1.807) is 6.20 Å². The molecule has 1 aromatic heterocycles. The zero-order chi connectivity index (χ0) is 7.23. The van der Waals surface area contributed by atoms with E-state index in [1.807, 2.05) is 0 Å². The summed E-state index contributed by atoms with van der Waals surface area (Å²) in [7, 11) is 0. The number of aromatic nitrogens is 3. The first-order valence-corrected chi connectivity index (χ1v) is 3.39. The van der Waals surface area contributed by atoms with Crippen LogP contribution in [0.25, 0.3) is 0 Å². The lowest BCUT2D eigenvalue weighted by atomic mass is 10.2. The van der Waals surface area contributed by atoms with Crippen molar-refractivity contribution in [1.82, 2.24) is 15.4 Å². The zero-order valence-corrected chi connectivity index (χ0v) is 5.75. The average molecular weight is 141 g/mol. The maximum atomic E-state index is 8.45. The molecule has 0 aliphatic carbocycles. The van der Waals surface area contributed by atoms with Crippen LogP contribution < -0.4 is 0 Å². The summed E-state index contributed by atoms with van der Waals surface area (Å²) in [4.78, 5) is 0. The Morgan fingerprint density at radius 2 is 2.40 bits per heavy atom. The van der Waals surface area contributed by atoms with E-state index in [-0.39, 0.29) is 6.61 Å². The van der Waals surface area contributed by atoms with Crippen LogP contribution in [0.4, 0.5) is 0 Å². The number of aliphatic hydroxyl groups is 1. The van der Waals surface area contributed by atoms with Gasteiger partial charge < -0.3 is 5.11 Å². The first kappa shape index (κ1) is 7.21. The summed E-state index contributed by atoms with van der Waals surface area (Å²) in [6.45, 7) is 0.262. The van der Waals surface area contributed by atoms with Crippen LogP contribution in [0.1, 0.15) is 18.5 Å². The highest BCUT2D eigenvalue weighted by molar-refractivity contribution is 4.89. The van der Waals surface area contributed by atoms with Gasteiger partial charge in [-0.2, -0.15) is 15.4 Å². The molecule has 10 heavy (non-hydrogen) atoms. The van der Waals surface area contributed by atoms with Gasteiger partial charge in [-0.1, -0.05) is 0 Å². The molecule has 0 saturated heterocycles. The monoisotopic (exact) mass is 141 g/mol. The number of nitrogens with zero attached hydrogens (tertiary/aromatic N) is 2. The predicted octanol–water partition coefficient (Wildman–Crippen LogP) is 0.120. The molecule has 1 aromatic rings. The van der Waals surface area contributed by atoms with Crippen LogP contribution in [-0.4, -0.2) is 27.1 Å². The maximum Gasteiger partial charge on any atom is 0.0824 e. The molecule has 0 unspecified atom stereocenters. The number of nitrogens with one attached hydrogen (secondary N) is 1. The fourth-order valence-electron chi connectivity index (χ4n) is 0.764. The highest BCUT2D eigenvalue weighted by atomic mass is 16.2. The van der Waals surface area contributed by atoms with Crippen molar-refractivity contribution in [2.24, 2.45) is 0 Å². The number of rotatable bonds is 4. The first-order valence-electron chi connectivity index (χ1n) is 3.39. The summed E-state index contributed by atoms with van der Waals surface area (Å²) < 4.78 is 0. The Morgan fingerprint density at radius 1 is 1.50 bits per heavy atom. The molecule has 0 amide bonds. The fourth-order valence-corrected chi connectivity index (χ4v) is 0.764. The zero-order valence-electron chi connectivity index (χ0n) is 5.75. The molecule has 0 fully saturated rings. The summed E-state index contributed by atoms with van der Waals surface area (Å²) in [6.07, 6.45) is 4.42. The molecule has 4 heteroatoms. The second-order valence-electron chi connectivity index (χ2n) is 2.14. The molecule has 0 bridgehead atoms. The molecule has 0 aromatic carbocycles. The quantitative estimate of drug-likeness (QED) is 0.585. The topological polar surface area (TPSA) is 61.8 Å². The highest BCUT2D eigenvalue weighted by Gasteiger charge is 1.93. The third-order valence-corrected chi connectivity index (χ3v) is 1.31. The Balaban J connectivity index is 2.15. The van der Waals surface area contributed by atoms with Crippen molar-refractivity contribution in [3.63, 3.8) is 0 Å². The molecule has 56 valence electrons. The van der Waals surface area contributed by atoms with Gasteiger partial charge >= 0.3 is 0 Å². The van der Waals surface area contributed by atoms with Crippen molar-refractivity contribution in [2.75, 3.05) is 6.61 Å². The molecule has 1 heterocycles. The SMILES string of the molecule is OCCCCc1cn[nH]n1. The second kappa shape index (κ2) is 4.00. The van der Waals surface area contributed by atoms with Gasteiger partial charge in [0.25, 0.3) is 0 Å². The van der Waals surface area contributed by atoms with Gasteiger partial charge in [0, 0.05) is 6.61 Å². The lowest BCUT2D eigenvalue weighted by Gasteiger charge is -1.91. The van der Waals surface area contributed by atoms with Crippen LogP contribution >= 0.6 is 0 Å². The van der Waals surface area contributed by atoms with Crippen LogP contribution in [0.2, 0.25) is 0 Å². The van der Waals surface area contributed by atoms with E-state index in [9.17, 15) is 0 Å². The molecule has 0 atom stereocenters. The first-order chi connectivity index (χ1) is 4.93. The number of aryl methyl sites for hydroxylation is 1. The van der Waals surface area contributed by atoms with Crippen molar-refractivity contribution < 1.29 is 5.11 Å². The van der Waals surface area contributed by atoms with E-state index in [0.29, 0.717) is 0 Å². The molecule has 1 rings (SSSR count). The lowest BCUT2D eigenvalue weighted by molar-refractivity contribution is 0.284. The number of aliphatic hydroxyl groups excluding tert-OH is 1. The van der Waals surface area contributed by atoms with E-state index < -0.39 is 0 Å². The Morgan fingerprint density at radius 3 is 3.00 bits per heavy atom. The Bertz CT molecular complexity index is 162. The summed E-state index contributed by atoms with van der Waals surface area (Å²) in [5, 5.41) is 18.5. The van der Waals surface area contributed by atoms with Gasteiger partial charge in [-0.25, -0.2) is 0 Å². The number of hydrogen-bond acceptors (Lipinski definition) is 3. The fraction of sp³-hybridized carbons (Fsp3) is 0.667. The van der Waals surface area contributed by atoms with Crippen molar-refractivity contribution in [1.29, 1.82) is 0 Å². The van der Waals surface area contributed by atoms with Gasteiger partial charge in [0.05, 0.1) is 11.9 Å². The van der Waals surface area contributed by atoms with Gasteiger partial charge in [0.2, 0.25) is 0 Å². The van der Waals surface area contributed by atoms with Crippen molar-refractivity contribution in [3.8, 4) is 0 Å². The van der Waals surface area contributed by atoms with Gasteiger partial charge in [0.1, 0.15) is 0 Å². The largest absolute Gasteiger partial charge is 0.396 e. The van der Waals surface area contributed by atoms with Crippen LogP contribution in [-0.2, 0) is 6.42 Å². The molecule has 0 spiro atoms. The minimum Gasteiger partial charge on any atom is -0.396 e. The van der Waals surface area contributed by atoms with E-state index in [0.717, 1.165) is 25.0 Å². The number of aromatic amines is 1. The van der Waals surface area contributed by atoms with Crippen LogP contribution in [0.15, 0.2) is 6.20 Å².